The Labute approximate surface area is 60.9 Å². The van der Waals surface area contributed by atoms with Gasteiger partial charge in [0.15, 0.2) is 5.76 Å². The van der Waals surface area contributed by atoms with Gasteiger partial charge in [0.2, 0.25) is 5.78 Å². The van der Waals surface area contributed by atoms with Crippen LogP contribution in [0.1, 0.15) is 27.2 Å². The third kappa shape index (κ3) is 1.20. The first kappa shape index (κ1) is 7.32. The van der Waals surface area contributed by atoms with E-state index in [1.54, 1.807) is 0 Å². The van der Waals surface area contributed by atoms with Gasteiger partial charge in [-0.05, 0) is 26.3 Å². The number of rotatable bonds is 0. The monoisotopic (exact) mass is 140 g/mol. The van der Waals surface area contributed by atoms with Crippen molar-refractivity contribution in [2.45, 2.75) is 33.3 Å². The normalized spacial score (nSPS) is 24.9. The Morgan fingerprint density at radius 3 is 2.40 bits per heavy atom. The molecule has 0 N–H and O–H groups in total. The van der Waals surface area contributed by atoms with Gasteiger partial charge in [-0.25, -0.2) is 0 Å². The molecule has 1 aliphatic rings. The van der Waals surface area contributed by atoms with Crippen molar-refractivity contribution in [3.05, 3.63) is 11.3 Å². The quantitative estimate of drug-likeness (QED) is 0.478. The number of ether oxygens (including phenoxy) is 1. The van der Waals surface area contributed by atoms with Crippen LogP contribution in [0.25, 0.3) is 0 Å². The molecular formula is C8H12O2. The van der Waals surface area contributed by atoms with Crippen molar-refractivity contribution in [1.82, 2.24) is 0 Å². The van der Waals surface area contributed by atoms with E-state index in [9.17, 15) is 4.79 Å². The largest absolute Gasteiger partial charge is 0.487 e. The minimum atomic E-state index is 0.0809. The maximum atomic E-state index is 11.0. The summed E-state index contributed by atoms with van der Waals surface area (Å²) in [7, 11) is 0. The van der Waals surface area contributed by atoms with Gasteiger partial charge in [0.05, 0.1) is 6.42 Å². The van der Waals surface area contributed by atoms with Gasteiger partial charge in [-0.15, -0.1) is 0 Å². The second-order valence-electron chi connectivity index (χ2n) is 2.88. The van der Waals surface area contributed by atoms with E-state index in [0.717, 1.165) is 5.57 Å². The summed E-state index contributed by atoms with van der Waals surface area (Å²) in [5.41, 5.74) is 0.981. The highest BCUT2D eigenvalue weighted by Crippen LogP contribution is 2.21. The zero-order valence-corrected chi connectivity index (χ0v) is 6.60. The average molecular weight is 140 g/mol. The van der Waals surface area contributed by atoms with E-state index in [1.807, 2.05) is 20.8 Å². The highest BCUT2D eigenvalue weighted by molar-refractivity contribution is 5.96. The summed E-state index contributed by atoms with van der Waals surface area (Å²) in [5, 5.41) is 0. The summed E-state index contributed by atoms with van der Waals surface area (Å²) < 4.78 is 5.27. The summed E-state index contributed by atoms with van der Waals surface area (Å²) in [5.74, 6) is 0.722. The molecule has 1 unspecified atom stereocenters. The van der Waals surface area contributed by atoms with E-state index in [-0.39, 0.29) is 11.9 Å². The molecule has 1 saturated heterocycles. The van der Waals surface area contributed by atoms with Gasteiger partial charge >= 0.3 is 0 Å². The molecule has 2 nitrogen and oxygen atoms in total. The van der Waals surface area contributed by atoms with Gasteiger partial charge in [0.25, 0.3) is 0 Å². The van der Waals surface area contributed by atoms with Crippen LogP contribution in [-0.2, 0) is 9.53 Å². The van der Waals surface area contributed by atoms with E-state index >= 15 is 0 Å². The second-order valence-corrected chi connectivity index (χ2v) is 2.88. The first-order valence-corrected chi connectivity index (χ1v) is 3.48. The molecule has 56 valence electrons. The zero-order valence-electron chi connectivity index (χ0n) is 6.60. The van der Waals surface area contributed by atoms with E-state index in [4.69, 9.17) is 4.74 Å². The Bertz CT molecular complexity index is 187. The van der Waals surface area contributed by atoms with Gasteiger partial charge in [-0.1, -0.05) is 0 Å². The Morgan fingerprint density at radius 2 is 2.20 bits per heavy atom. The van der Waals surface area contributed by atoms with Crippen LogP contribution in [-0.4, -0.2) is 11.9 Å². The van der Waals surface area contributed by atoms with Crippen LogP contribution in [0.3, 0.4) is 0 Å². The molecule has 0 aromatic rings. The fourth-order valence-electron chi connectivity index (χ4n) is 1.06. The summed E-state index contributed by atoms with van der Waals surface area (Å²) in [4.78, 5) is 11.0. The SMILES string of the molecule is CC(C)=C1OC(C)CC1=O. The van der Waals surface area contributed by atoms with Crippen molar-refractivity contribution in [3.8, 4) is 0 Å². The topological polar surface area (TPSA) is 26.3 Å². The lowest BCUT2D eigenvalue weighted by Crippen LogP contribution is -1.95. The first-order valence-electron chi connectivity index (χ1n) is 3.48. The Hall–Kier alpha value is -0.790. The van der Waals surface area contributed by atoms with Crippen LogP contribution >= 0.6 is 0 Å². The van der Waals surface area contributed by atoms with E-state index in [2.05, 4.69) is 0 Å². The second kappa shape index (κ2) is 2.45. The number of ketones is 1. The molecule has 0 saturated carbocycles. The zero-order chi connectivity index (χ0) is 7.72. The number of hydrogen-bond acceptors (Lipinski definition) is 2. The van der Waals surface area contributed by atoms with Gasteiger partial charge in [-0.2, -0.15) is 0 Å². The van der Waals surface area contributed by atoms with Crippen LogP contribution in [0.4, 0.5) is 0 Å². The lowest BCUT2D eigenvalue weighted by atomic mass is 10.2. The number of Topliss-reactive ketones (excluding diaryl/α,β-unsaturated/α-hetero) is 1. The maximum Gasteiger partial charge on any atom is 0.200 e. The number of carbonyl (C=O) groups excluding carboxylic acids is 1. The van der Waals surface area contributed by atoms with Crippen LogP contribution < -0.4 is 0 Å². The Kier molecular flexibility index (Phi) is 1.79. The van der Waals surface area contributed by atoms with Crippen LogP contribution in [0.2, 0.25) is 0 Å². The molecule has 0 aromatic heterocycles. The van der Waals surface area contributed by atoms with Crippen molar-refractivity contribution in [2.24, 2.45) is 0 Å². The highest BCUT2D eigenvalue weighted by Gasteiger charge is 2.25. The van der Waals surface area contributed by atoms with E-state index < -0.39 is 0 Å². The summed E-state index contributed by atoms with van der Waals surface area (Å²) in [6.07, 6.45) is 0.623. The number of allylic oxidation sites excluding steroid dienone is 2. The minimum absolute atomic E-state index is 0.0809. The van der Waals surface area contributed by atoms with E-state index in [0.29, 0.717) is 12.2 Å². The lowest BCUT2D eigenvalue weighted by Gasteiger charge is -2.02. The van der Waals surface area contributed by atoms with Crippen molar-refractivity contribution in [1.29, 1.82) is 0 Å². The fraction of sp³-hybridized carbons (Fsp3) is 0.625. The maximum absolute atomic E-state index is 11.0. The van der Waals surface area contributed by atoms with Crippen molar-refractivity contribution in [3.63, 3.8) is 0 Å². The first-order chi connectivity index (χ1) is 4.61. The van der Waals surface area contributed by atoms with Crippen LogP contribution in [0.15, 0.2) is 11.3 Å². The Morgan fingerprint density at radius 1 is 1.60 bits per heavy atom. The molecule has 0 aromatic carbocycles. The van der Waals surface area contributed by atoms with Gasteiger partial charge < -0.3 is 4.74 Å². The Balaban J connectivity index is 2.83. The third-order valence-electron chi connectivity index (χ3n) is 1.50. The molecule has 0 bridgehead atoms. The summed E-state index contributed by atoms with van der Waals surface area (Å²) in [6.45, 7) is 5.70. The minimum Gasteiger partial charge on any atom is -0.487 e. The highest BCUT2D eigenvalue weighted by atomic mass is 16.5. The predicted octanol–water partition coefficient (Wildman–Crippen LogP) is 1.66. The molecule has 0 amide bonds. The number of carbonyl (C=O) groups is 1. The molecule has 1 fully saturated rings. The lowest BCUT2D eigenvalue weighted by molar-refractivity contribution is -0.115. The van der Waals surface area contributed by atoms with Crippen molar-refractivity contribution >= 4 is 5.78 Å². The van der Waals surface area contributed by atoms with E-state index in [1.165, 1.54) is 0 Å². The molecule has 10 heavy (non-hydrogen) atoms. The predicted molar refractivity (Wildman–Crippen MR) is 38.5 cm³/mol. The van der Waals surface area contributed by atoms with Gasteiger partial charge in [0.1, 0.15) is 6.10 Å². The molecule has 0 radical (unpaired) electrons. The molecule has 2 heteroatoms. The smallest absolute Gasteiger partial charge is 0.200 e. The molecule has 1 heterocycles. The third-order valence-corrected chi connectivity index (χ3v) is 1.50. The standard InChI is InChI=1S/C8H12O2/c1-5(2)8-7(9)4-6(3)10-8/h6H,4H2,1-3H3. The van der Waals surface area contributed by atoms with Crippen LogP contribution in [0.5, 0.6) is 0 Å². The molecule has 1 atom stereocenters. The van der Waals surface area contributed by atoms with Gasteiger partial charge in [0, 0.05) is 0 Å². The fourth-order valence-corrected chi connectivity index (χ4v) is 1.06. The van der Waals surface area contributed by atoms with Crippen molar-refractivity contribution < 1.29 is 9.53 Å². The molecule has 1 rings (SSSR count). The molecular weight excluding hydrogens is 128 g/mol. The van der Waals surface area contributed by atoms with Gasteiger partial charge in [-0.3, -0.25) is 4.79 Å². The molecule has 0 spiro atoms. The molecule has 0 aliphatic carbocycles. The number of hydrogen-bond donors (Lipinski definition) is 0. The van der Waals surface area contributed by atoms with Crippen LogP contribution in [0, 0.1) is 0 Å². The summed E-state index contributed by atoms with van der Waals surface area (Å²) in [6, 6.07) is 0. The summed E-state index contributed by atoms with van der Waals surface area (Å²) >= 11 is 0. The average Bonchev–Trinajstić information content (AvgIpc) is 2.10. The van der Waals surface area contributed by atoms with Crippen molar-refractivity contribution in [2.75, 3.05) is 0 Å². The molecule has 1 aliphatic heterocycles.